The number of hydrogen-bond acceptors (Lipinski definition) is 4. The van der Waals surface area contributed by atoms with Gasteiger partial charge in [0, 0.05) is 11.5 Å². The molecule has 6 heteroatoms. The van der Waals surface area contributed by atoms with E-state index in [1.807, 2.05) is 25.1 Å². The van der Waals surface area contributed by atoms with Gasteiger partial charge >= 0.3 is 0 Å². The highest BCUT2D eigenvalue weighted by atomic mass is 16.5. The Morgan fingerprint density at radius 1 is 1.04 bits per heavy atom. The van der Waals surface area contributed by atoms with Gasteiger partial charge in [-0.25, -0.2) is 0 Å². The smallest absolute Gasteiger partial charge is 0.242 e. The maximum absolute atomic E-state index is 12.5. The minimum Gasteiger partial charge on any atom is -0.497 e. The molecule has 1 fully saturated rings. The molecular formula is C20H30N2O4. The molecule has 6 nitrogen and oxygen atoms in total. The molecule has 0 spiro atoms. The van der Waals surface area contributed by atoms with Gasteiger partial charge in [0.15, 0.2) is 0 Å². The van der Waals surface area contributed by atoms with E-state index in [1.54, 1.807) is 21.1 Å². The lowest BCUT2D eigenvalue weighted by Crippen LogP contribution is -2.47. The molecule has 2 amide bonds. The molecule has 1 aliphatic rings. The molecule has 0 radical (unpaired) electrons. The van der Waals surface area contributed by atoms with E-state index in [2.05, 4.69) is 10.6 Å². The Hall–Kier alpha value is -2.24. The summed E-state index contributed by atoms with van der Waals surface area (Å²) < 4.78 is 10.6. The predicted octanol–water partition coefficient (Wildman–Crippen LogP) is 2.97. The van der Waals surface area contributed by atoms with Crippen LogP contribution in [0.15, 0.2) is 18.2 Å². The molecule has 26 heavy (non-hydrogen) atoms. The molecule has 2 atom stereocenters. The van der Waals surface area contributed by atoms with Gasteiger partial charge in [-0.05, 0) is 44.9 Å². The van der Waals surface area contributed by atoms with Crippen molar-refractivity contribution in [2.75, 3.05) is 14.2 Å². The topological polar surface area (TPSA) is 76.7 Å². The van der Waals surface area contributed by atoms with Crippen LogP contribution in [0.2, 0.25) is 0 Å². The van der Waals surface area contributed by atoms with E-state index >= 15 is 0 Å². The zero-order chi connectivity index (χ0) is 19.1. The first-order valence-corrected chi connectivity index (χ1v) is 9.29. The molecular weight excluding hydrogens is 332 g/mol. The van der Waals surface area contributed by atoms with Crippen LogP contribution >= 0.6 is 0 Å². The summed E-state index contributed by atoms with van der Waals surface area (Å²) in [6.07, 6.45) is 5.20. The number of rotatable bonds is 7. The Balaban J connectivity index is 1.96. The first-order chi connectivity index (χ1) is 12.5. The van der Waals surface area contributed by atoms with Crippen molar-refractivity contribution in [3.8, 4) is 11.5 Å². The van der Waals surface area contributed by atoms with E-state index in [-0.39, 0.29) is 23.8 Å². The number of nitrogens with one attached hydrogen (secondary N) is 2. The Morgan fingerprint density at radius 3 is 2.35 bits per heavy atom. The molecule has 1 aromatic carbocycles. The summed E-state index contributed by atoms with van der Waals surface area (Å²) in [4.78, 5) is 24.8. The maximum atomic E-state index is 12.5. The van der Waals surface area contributed by atoms with E-state index < -0.39 is 6.04 Å². The summed E-state index contributed by atoms with van der Waals surface area (Å²) in [5.41, 5.74) is 0.825. The van der Waals surface area contributed by atoms with Crippen molar-refractivity contribution in [3.05, 3.63) is 23.8 Å². The van der Waals surface area contributed by atoms with E-state index in [0.717, 1.165) is 31.2 Å². The second kappa shape index (κ2) is 9.46. The van der Waals surface area contributed by atoms with Crippen molar-refractivity contribution in [1.82, 2.24) is 10.6 Å². The SMILES string of the molecule is COc1ccc(OC)c(C(C)NC(=O)C(C)NC(=O)C2CCCCC2)c1. The van der Waals surface area contributed by atoms with Crippen LogP contribution in [0, 0.1) is 5.92 Å². The number of ether oxygens (including phenoxy) is 2. The number of amides is 2. The molecule has 0 heterocycles. The molecule has 1 aromatic rings. The van der Waals surface area contributed by atoms with Crippen LogP contribution in [-0.2, 0) is 9.59 Å². The number of benzene rings is 1. The van der Waals surface area contributed by atoms with Crippen molar-refractivity contribution in [2.24, 2.45) is 5.92 Å². The van der Waals surface area contributed by atoms with Gasteiger partial charge in [0.1, 0.15) is 17.5 Å². The summed E-state index contributed by atoms with van der Waals surface area (Å²) in [6, 6.07) is 4.61. The second-order valence-corrected chi connectivity index (χ2v) is 6.90. The van der Waals surface area contributed by atoms with E-state index in [9.17, 15) is 9.59 Å². The second-order valence-electron chi connectivity index (χ2n) is 6.90. The lowest BCUT2D eigenvalue weighted by molar-refractivity contribution is -0.131. The van der Waals surface area contributed by atoms with E-state index in [4.69, 9.17) is 9.47 Å². The third-order valence-electron chi connectivity index (χ3n) is 4.99. The van der Waals surface area contributed by atoms with Crippen LogP contribution in [0.4, 0.5) is 0 Å². The van der Waals surface area contributed by atoms with Gasteiger partial charge in [-0.15, -0.1) is 0 Å². The summed E-state index contributed by atoms with van der Waals surface area (Å²) in [5, 5.41) is 5.79. The molecule has 2 N–H and O–H groups in total. The summed E-state index contributed by atoms with van der Waals surface area (Å²) >= 11 is 0. The molecule has 2 unspecified atom stereocenters. The number of carbonyl (C=O) groups excluding carboxylic acids is 2. The fourth-order valence-electron chi connectivity index (χ4n) is 3.36. The lowest BCUT2D eigenvalue weighted by atomic mass is 9.88. The van der Waals surface area contributed by atoms with Crippen LogP contribution < -0.4 is 20.1 Å². The van der Waals surface area contributed by atoms with Gasteiger partial charge in [0.2, 0.25) is 11.8 Å². The van der Waals surface area contributed by atoms with Gasteiger partial charge in [-0.3, -0.25) is 9.59 Å². The molecule has 0 aromatic heterocycles. The Kier molecular flexibility index (Phi) is 7.30. The fourth-order valence-corrected chi connectivity index (χ4v) is 3.36. The van der Waals surface area contributed by atoms with Crippen molar-refractivity contribution in [3.63, 3.8) is 0 Å². The van der Waals surface area contributed by atoms with E-state index in [0.29, 0.717) is 11.5 Å². The van der Waals surface area contributed by atoms with Crippen LogP contribution in [-0.4, -0.2) is 32.1 Å². The largest absolute Gasteiger partial charge is 0.497 e. The molecule has 1 aliphatic carbocycles. The Morgan fingerprint density at radius 2 is 1.73 bits per heavy atom. The predicted molar refractivity (Wildman–Crippen MR) is 100 cm³/mol. The van der Waals surface area contributed by atoms with Crippen molar-refractivity contribution >= 4 is 11.8 Å². The van der Waals surface area contributed by atoms with Gasteiger partial charge < -0.3 is 20.1 Å². The highest BCUT2D eigenvalue weighted by molar-refractivity contribution is 5.88. The normalized spacial score (nSPS) is 17.1. The van der Waals surface area contributed by atoms with Gasteiger partial charge in [-0.1, -0.05) is 19.3 Å². The highest BCUT2D eigenvalue weighted by Gasteiger charge is 2.25. The number of hydrogen-bond donors (Lipinski definition) is 2. The van der Waals surface area contributed by atoms with Crippen LogP contribution in [0.25, 0.3) is 0 Å². The summed E-state index contributed by atoms with van der Waals surface area (Å²) in [7, 11) is 3.19. The Labute approximate surface area is 155 Å². The molecule has 2 rings (SSSR count). The molecule has 0 bridgehead atoms. The summed E-state index contributed by atoms with van der Waals surface area (Å²) in [6.45, 7) is 3.59. The van der Waals surface area contributed by atoms with Crippen molar-refractivity contribution < 1.29 is 19.1 Å². The van der Waals surface area contributed by atoms with Gasteiger partial charge in [0.05, 0.1) is 20.3 Å². The van der Waals surface area contributed by atoms with Crippen LogP contribution in [0.5, 0.6) is 11.5 Å². The fraction of sp³-hybridized carbons (Fsp3) is 0.600. The molecule has 0 aliphatic heterocycles. The number of methoxy groups -OCH3 is 2. The minimum atomic E-state index is -0.580. The Bertz CT molecular complexity index is 626. The minimum absolute atomic E-state index is 0.0148. The van der Waals surface area contributed by atoms with Crippen LogP contribution in [0.3, 0.4) is 0 Å². The third-order valence-corrected chi connectivity index (χ3v) is 4.99. The van der Waals surface area contributed by atoms with Gasteiger partial charge in [0.25, 0.3) is 0 Å². The molecule has 1 saturated carbocycles. The number of carbonyl (C=O) groups is 2. The molecule has 0 saturated heterocycles. The van der Waals surface area contributed by atoms with Crippen molar-refractivity contribution in [2.45, 2.75) is 58.0 Å². The third kappa shape index (κ3) is 5.13. The van der Waals surface area contributed by atoms with Crippen molar-refractivity contribution in [1.29, 1.82) is 0 Å². The average Bonchev–Trinajstić information content (AvgIpc) is 2.67. The quantitative estimate of drug-likeness (QED) is 0.782. The zero-order valence-corrected chi connectivity index (χ0v) is 16.1. The maximum Gasteiger partial charge on any atom is 0.242 e. The summed E-state index contributed by atoms with van der Waals surface area (Å²) in [5.74, 6) is 1.18. The van der Waals surface area contributed by atoms with Gasteiger partial charge in [-0.2, -0.15) is 0 Å². The first kappa shape index (κ1) is 20.1. The lowest BCUT2D eigenvalue weighted by Gasteiger charge is -2.24. The monoisotopic (exact) mass is 362 g/mol. The first-order valence-electron chi connectivity index (χ1n) is 9.29. The highest BCUT2D eigenvalue weighted by Crippen LogP contribution is 2.29. The van der Waals surface area contributed by atoms with Crippen LogP contribution in [0.1, 0.15) is 57.6 Å². The zero-order valence-electron chi connectivity index (χ0n) is 16.1. The average molecular weight is 362 g/mol. The molecule has 144 valence electrons. The van der Waals surface area contributed by atoms with E-state index in [1.165, 1.54) is 6.42 Å². The standard InChI is InChI=1S/C20H30N2O4/c1-13(17-12-16(25-3)10-11-18(17)26-4)21-19(23)14(2)22-20(24)15-8-6-5-7-9-15/h10-15H,5-9H2,1-4H3,(H,21,23)(H,22,24).